The van der Waals surface area contributed by atoms with Crippen molar-refractivity contribution in [3.8, 4) is 6.07 Å². The van der Waals surface area contributed by atoms with E-state index in [1.54, 1.807) is 6.07 Å². The van der Waals surface area contributed by atoms with E-state index in [2.05, 4.69) is 4.74 Å². The molecule has 0 aliphatic carbocycles. The quantitative estimate of drug-likeness (QED) is 0.360. The van der Waals surface area contributed by atoms with Crippen LogP contribution in [0.15, 0.2) is 12.1 Å². The minimum atomic E-state index is -0.655. The van der Waals surface area contributed by atoms with Gasteiger partial charge < -0.3 is 4.74 Å². The van der Waals surface area contributed by atoms with E-state index in [0.29, 0.717) is 5.56 Å². The number of nitrogens with zero attached hydrogens (tertiary/aromatic N) is 2. The van der Waals surface area contributed by atoms with E-state index in [-0.39, 0.29) is 29.1 Å². The van der Waals surface area contributed by atoms with Crippen molar-refractivity contribution in [2.45, 2.75) is 12.3 Å². The lowest BCUT2D eigenvalue weighted by Gasteiger charge is -2.05. The van der Waals surface area contributed by atoms with Gasteiger partial charge in [-0.05, 0) is 17.7 Å². The van der Waals surface area contributed by atoms with Crippen LogP contribution in [0.3, 0.4) is 0 Å². The van der Waals surface area contributed by atoms with Crippen LogP contribution < -0.4 is 0 Å². The molecule has 6 nitrogen and oxygen atoms in total. The van der Waals surface area contributed by atoms with Crippen molar-refractivity contribution >= 4 is 23.3 Å². The Morgan fingerprint density at radius 2 is 2.28 bits per heavy atom. The van der Waals surface area contributed by atoms with Gasteiger partial charge in [0.1, 0.15) is 11.6 Å². The van der Waals surface area contributed by atoms with Crippen LogP contribution in [0.5, 0.6) is 0 Å². The van der Waals surface area contributed by atoms with Gasteiger partial charge in [0.05, 0.1) is 24.3 Å². The number of carbonyl (C=O) groups is 1. The minimum Gasteiger partial charge on any atom is -0.469 e. The zero-order valence-corrected chi connectivity index (χ0v) is 10.2. The number of ether oxygens (including phenoxy) is 1. The summed E-state index contributed by atoms with van der Waals surface area (Å²) >= 11 is 5.62. The van der Waals surface area contributed by atoms with Crippen molar-refractivity contribution in [1.82, 2.24) is 0 Å². The monoisotopic (exact) mass is 268 g/mol. The summed E-state index contributed by atoms with van der Waals surface area (Å²) in [6, 6.07) is 4.46. The lowest BCUT2D eigenvalue weighted by molar-refractivity contribution is -0.385. The largest absolute Gasteiger partial charge is 0.469 e. The number of esters is 1. The molecule has 0 aliphatic heterocycles. The molecule has 0 bridgehead atoms. The molecule has 1 aromatic carbocycles. The molecular weight excluding hydrogens is 260 g/mol. The highest BCUT2D eigenvalue weighted by Crippen LogP contribution is 2.27. The fraction of sp³-hybridized carbons (Fsp3) is 0.273. The van der Waals surface area contributed by atoms with Crippen molar-refractivity contribution in [3.05, 3.63) is 38.9 Å². The molecule has 0 radical (unpaired) electrons. The Morgan fingerprint density at radius 1 is 1.61 bits per heavy atom. The molecule has 1 rings (SSSR count). The Labute approximate surface area is 108 Å². The first-order valence-electron chi connectivity index (χ1n) is 4.86. The smallest absolute Gasteiger partial charge is 0.309 e. The fourth-order valence-corrected chi connectivity index (χ4v) is 1.71. The van der Waals surface area contributed by atoms with Crippen LogP contribution in [0.2, 0.25) is 0 Å². The Morgan fingerprint density at radius 3 is 2.72 bits per heavy atom. The van der Waals surface area contributed by atoms with E-state index in [4.69, 9.17) is 16.9 Å². The SMILES string of the molecule is COC(=O)Cc1cc(C#N)c([N+](=O)[O-])c(CCl)c1. The number of rotatable bonds is 4. The molecule has 0 amide bonds. The van der Waals surface area contributed by atoms with Gasteiger partial charge >= 0.3 is 5.97 Å². The predicted octanol–water partition coefficient (Wildman–Crippen LogP) is 1.92. The molecule has 0 aromatic heterocycles. The van der Waals surface area contributed by atoms with Gasteiger partial charge in [-0.25, -0.2) is 0 Å². The summed E-state index contributed by atoms with van der Waals surface area (Å²) in [6.07, 6.45) is -0.0624. The number of alkyl halides is 1. The number of methoxy groups -OCH3 is 1. The normalized spacial score (nSPS) is 9.61. The second-order valence-electron chi connectivity index (χ2n) is 3.41. The number of nitro benzene ring substituents is 1. The molecule has 0 saturated heterocycles. The van der Waals surface area contributed by atoms with E-state index in [1.165, 1.54) is 19.2 Å². The first kappa shape index (κ1) is 13.9. The summed E-state index contributed by atoms with van der Waals surface area (Å²) in [4.78, 5) is 21.3. The molecule has 0 heterocycles. The Bertz CT molecular complexity index is 537. The maximum Gasteiger partial charge on any atom is 0.309 e. The molecule has 0 atom stereocenters. The van der Waals surface area contributed by atoms with Crippen molar-refractivity contribution in [2.24, 2.45) is 0 Å². The lowest BCUT2D eigenvalue weighted by Crippen LogP contribution is -2.06. The summed E-state index contributed by atoms with van der Waals surface area (Å²) in [5, 5.41) is 19.7. The van der Waals surface area contributed by atoms with Crippen LogP contribution in [0.25, 0.3) is 0 Å². The van der Waals surface area contributed by atoms with Crippen molar-refractivity contribution in [3.63, 3.8) is 0 Å². The lowest BCUT2D eigenvalue weighted by atomic mass is 10.0. The Balaban J connectivity index is 3.31. The number of hydrogen-bond acceptors (Lipinski definition) is 5. The van der Waals surface area contributed by atoms with Crippen LogP contribution in [-0.2, 0) is 21.8 Å². The van der Waals surface area contributed by atoms with Gasteiger partial charge in [0.25, 0.3) is 5.69 Å². The van der Waals surface area contributed by atoms with E-state index in [0.717, 1.165) is 0 Å². The highest BCUT2D eigenvalue weighted by atomic mass is 35.5. The van der Waals surface area contributed by atoms with Gasteiger partial charge in [0.2, 0.25) is 0 Å². The molecule has 0 fully saturated rings. The highest BCUT2D eigenvalue weighted by Gasteiger charge is 2.21. The zero-order chi connectivity index (χ0) is 13.7. The third kappa shape index (κ3) is 2.96. The number of benzene rings is 1. The first-order valence-corrected chi connectivity index (χ1v) is 5.40. The molecule has 0 spiro atoms. The average Bonchev–Trinajstić information content (AvgIpc) is 2.36. The Hall–Kier alpha value is -2.13. The molecule has 94 valence electrons. The maximum atomic E-state index is 11.1. The van der Waals surface area contributed by atoms with Crippen LogP contribution >= 0.6 is 11.6 Å². The van der Waals surface area contributed by atoms with Crippen molar-refractivity contribution in [1.29, 1.82) is 5.26 Å². The second kappa shape index (κ2) is 5.98. The van der Waals surface area contributed by atoms with Crippen molar-refractivity contribution < 1.29 is 14.5 Å². The van der Waals surface area contributed by atoms with Gasteiger partial charge in [0.15, 0.2) is 0 Å². The summed E-state index contributed by atoms with van der Waals surface area (Å²) < 4.78 is 4.49. The van der Waals surface area contributed by atoms with E-state index in [9.17, 15) is 14.9 Å². The number of hydrogen-bond donors (Lipinski definition) is 0. The van der Waals surface area contributed by atoms with E-state index in [1.807, 2.05) is 0 Å². The standard InChI is InChI=1S/C11H9ClN2O4/c1-18-10(15)4-7-2-8(5-12)11(14(16)17)9(3-7)6-13/h2-3H,4-5H2,1H3. The fourth-order valence-electron chi connectivity index (χ4n) is 1.50. The Kier molecular flexibility index (Phi) is 4.63. The first-order chi connectivity index (χ1) is 8.53. The molecule has 7 heteroatoms. The molecule has 0 saturated carbocycles. The molecule has 1 aromatic rings. The second-order valence-corrected chi connectivity index (χ2v) is 3.67. The highest BCUT2D eigenvalue weighted by molar-refractivity contribution is 6.17. The maximum absolute atomic E-state index is 11.1. The molecule has 0 N–H and O–H groups in total. The number of carbonyl (C=O) groups excluding carboxylic acids is 1. The van der Waals surface area contributed by atoms with Gasteiger partial charge in [-0.2, -0.15) is 5.26 Å². The van der Waals surface area contributed by atoms with Gasteiger partial charge in [-0.1, -0.05) is 0 Å². The van der Waals surface area contributed by atoms with Gasteiger partial charge in [-0.15, -0.1) is 11.6 Å². The number of halogens is 1. The molecular formula is C11H9ClN2O4. The summed E-state index contributed by atoms with van der Waals surface area (Å²) in [5.41, 5.74) is 0.234. The molecule has 0 unspecified atom stereocenters. The average molecular weight is 269 g/mol. The van der Waals surface area contributed by atoms with Crippen LogP contribution in [0.1, 0.15) is 16.7 Å². The van der Waals surface area contributed by atoms with Crippen LogP contribution in [-0.4, -0.2) is 18.0 Å². The number of nitriles is 1. The molecule has 18 heavy (non-hydrogen) atoms. The van der Waals surface area contributed by atoms with E-state index < -0.39 is 10.9 Å². The summed E-state index contributed by atoms with van der Waals surface area (Å²) in [7, 11) is 1.24. The van der Waals surface area contributed by atoms with Crippen molar-refractivity contribution in [2.75, 3.05) is 7.11 Å². The zero-order valence-electron chi connectivity index (χ0n) is 9.47. The van der Waals surface area contributed by atoms with Crippen LogP contribution in [0.4, 0.5) is 5.69 Å². The summed E-state index contributed by atoms with van der Waals surface area (Å²) in [5.74, 6) is -0.603. The van der Waals surface area contributed by atoms with Crippen LogP contribution in [0, 0.1) is 21.4 Å². The minimum absolute atomic E-state index is 0.0624. The third-order valence-corrected chi connectivity index (χ3v) is 2.56. The summed E-state index contributed by atoms with van der Waals surface area (Å²) in [6.45, 7) is 0. The predicted molar refractivity (Wildman–Crippen MR) is 63.1 cm³/mol. The van der Waals surface area contributed by atoms with Gasteiger partial charge in [-0.3, -0.25) is 14.9 Å². The topological polar surface area (TPSA) is 93.2 Å². The molecule has 0 aliphatic rings. The number of nitro groups is 1. The van der Waals surface area contributed by atoms with Gasteiger partial charge in [0, 0.05) is 5.56 Å². The third-order valence-electron chi connectivity index (χ3n) is 2.27. The van der Waals surface area contributed by atoms with E-state index >= 15 is 0 Å².